The van der Waals surface area contributed by atoms with Crippen LogP contribution in [-0.4, -0.2) is 30.8 Å². The molecule has 4 heterocycles. The first kappa shape index (κ1) is 29.7. The zero-order valence-corrected chi connectivity index (χ0v) is 36.9. The summed E-state index contributed by atoms with van der Waals surface area (Å²) >= 11 is 2.15. The molecule has 0 bridgehead atoms. The van der Waals surface area contributed by atoms with E-state index in [1.807, 2.05) is 82.2 Å². The van der Waals surface area contributed by atoms with Crippen LogP contribution in [0.2, 0.25) is 6.32 Å². The second-order valence-electron chi connectivity index (χ2n) is 16.5. The van der Waals surface area contributed by atoms with Gasteiger partial charge in [-0.3, -0.25) is 0 Å². The molecular weight excluding hydrogens is 943 g/mol. The van der Waals surface area contributed by atoms with Crippen LogP contribution < -0.4 is 9.55 Å². The van der Waals surface area contributed by atoms with E-state index in [0.29, 0.717) is 37.9 Å². The summed E-state index contributed by atoms with van der Waals surface area (Å²) in [6.45, 7) is 10.7. The second kappa shape index (κ2) is 16.1. The number of hydrogen-bond donors (Lipinski definition) is 0. The Morgan fingerprint density at radius 3 is 2.06 bits per heavy atom. The van der Waals surface area contributed by atoms with Gasteiger partial charge in [-0.05, 0) is 23.0 Å². The van der Waals surface area contributed by atoms with Crippen LogP contribution >= 0.6 is 0 Å². The molecular formula is C53H45BN6OPt-2. The number of para-hydroxylation sites is 3. The number of anilines is 2. The topological polar surface area (TPSA) is 53.0 Å². The molecule has 0 spiro atoms. The zero-order chi connectivity index (χ0) is 51.2. The molecule has 3 aromatic heterocycles. The van der Waals surface area contributed by atoms with Gasteiger partial charge in [0.25, 0.3) is 0 Å². The molecule has 0 N–H and O–H groups in total. The number of ether oxygens (including phenoxy) is 1. The normalized spacial score (nSPS) is 14.8. The van der Waals surface area contributed by atoms with Crippen LogP contribution in [0.1, 0.15) is 53.9 Å². The minimum absolute atomic E-state index is 0.120. The summed E-state index contributed by atoms with van der Waals surface area (Å²) < 4.78 is 101. The van der Waals surface area contributed by atoms with Crippen molar-refractivity contribution in [2.45, 2.75) is 46.4 Å². The van der Waals surface area contributed by atoms with E-state index < -0.39 is 60.4 Å². The van der Waals surface area contributed by atoms with Gasteiger partial charge in [-0.2, -0.15) is 5.10 Å². The summed E-state index contributed by atoms with van der Waals surface area (Å²) in [7, 11) is 0. The summed E-state index contributed by atoms with van der Waals surface area (Å²) in [4.78, 5) is 7.12. The number of benzene rings is 6. The maximum atomic E-state index is 9.08. The number of rotatable bonds is 9. The van der Waals surface area contributed by atoms with Gasteiger partial charge in [-0.25, -0.2) is 0 Å². The predicted molar refractivity (Wildman–Crippen MR) is 248 cm³/mol. The van der Waals surface area contributed by atoms with Gasteiger partial charge < -0.3 is 0 Å². The van der Waals surface area contributed by atoms with Crippen LogP contribution in [0.15, 0.2) is 164 Å². The van der Waals surface area contributed by atoms with Crippen LogP contribution in [-0.2, 0) is 24.8 Å². The second-order valence-corrected chi connectivity index (χ2v) is 17.5. The van der Waals surface area contributed by atoms with Gasteiger partial charge in [0.1, 0.15) is 0 Å². The number of pyridine rings is 1. The van der Waals surface area contributed by atoms with E-state index in [-0.39, 0.29) is 40.3 Å². The van der Waals surface area contributed by atoms with Gasteiger partial charge in [0.15, 0.2) is 0 Å². The van der Waals surface area contributed by atoms with Crippen molar-refractivity contribution >= 4 is 29.5 Å². The molecule has 308 valence electrons. The molecule has 0 fully saturated rings. The Balaban J connectivity index is 1.15. The molecule has 0 amide bonds. The molecule has 9 aromatic rings. The molecule has 10 rings (SSSR count). The van der Waals surface area contributed by atoms with E-state index in [4.69, 9.17) is 28.5 Å². The number of nitrogens with zero attached hydrogens (tertiary/aromatic N) is 6. The van der Waals surface area contributed by atoms with Crippen molar-refractivity contribution in [3.8, 4) is 56.4 Å². The van der Waals surface area contributed by atoms with E-state index >= 15 is 0 Å². The molecule has 0 atom stereocenters. The Hall–Kier alpha value is -6.50. The standard InChI is InChI=1S/C53H45BN6O.Pt/c1-37(2)35-54-59(51-32-40(28-30-55-51)53(3,4)5)50-34-43(26-27-46(50)47-29-31-56-60(47)54)61-42-21-14-20-41(33-42)57-36-58(49-25-13-12-24-48(49)57)52-44(38-16-8-6-9-17-38)22-15-23-45(52)39-18-10-7-11-19-39;/h6-32,37H,35H2,1-5H3;/q-2;/i6D,7D,8D,9D,10D,11D,16D,17D,18D,19D;. The number of imidazole rings is 1. The zero-order valence-electron chi connectivity index (χ0n) is 44.6. The third-order valence-electron chi connectivity index (χ3n) is 10.9. The van der Waals surface area contributed by atoms with Crippen molar-refractivity contribution in [3.05, 3.63) is 185 Å². The third kappa shape index (κ3) is 7.16. The van der Waals surface area contributed by atoms with E-state index in [0.717, 1.165) is 34.6 Å². The number of fused-ring (bicyclic) bond motifs is 4. The Bertz CT molecular complexity index is 3610. The Morgan fingerprint density at radius 2 is 1.39 bits per heavy atom. The molecule has 0 unspecified atom stereocenters. The monoisotopic (exact) mass is 997 g/mol. The average molecular weight is 998 g/mol. The first-order valence-electron chi connectivity index (χ1n) is 25.3. The van der Waals surface area contributed by atoms with Crippen molar-refractivity contribution < 1.29 is 37.8 Å². The van der Waals surface area contributed by atoms with Gasteiger partial charge in [-0.1, -0.05) is 34.6 Å². The summed E-state index contributed by atoms with van der Waals surface area (Å²) in [5, 5.41) is 4.81. The predicted octanol–water partition coefficient (Wildman–Crippen LogP) is 12.9. The van der Waals surface area contributed by atoms with Crippen molar-refractivity contribution in [1.29, 1.82) is 0 Å². The molecule has 0 saturated carbocycles. The van der Waals surface area contributed by atoms with Gasteiger partial charge >= 0.3 is 315 Å². The van der Waals surface area contributed by atoms with E-state index in [1.54, 1.807) is 24.3 Å². The average Bonchev–Trinajstić information content (AvgIpc) is 3.97. The van der Waals surface area contributed by atoms with Gasteiger partial charge in [-0.15, -0.1) is 0 Å². The molecule has 0 radical (unpaired) electrons. The van der Waals surface area contributed by atoms with Crippen molar-refractivity contribution in [2.75, 3.05) is 4.81 Å². The van der Waals surface area contributed by atoms with Crippen LogP contribution in [0.5, 0.6) is 11.5 Å². The van der Waals surface area contributed by atoms with Gasteiger partial charge in [0, 0.05) is 12.4 Å². The summed E-state index contributed by atoms with van der Waals surface area (Å²) in [6, 6.07) is 29.8. The number of aromatic nitrogens is 5. The van der Waals surface area contributed by atoms with E-state index in [2.05, 4.69) is 81.6 Å². The van der Waals surface area contributed by atoms with Gasteiger partial charge in [0.2, 0.25) is 0 Å². The molecule has 0 aliphatic carbocycles. The summed E-state index contributed by atoms with van der Waals surface area (Å²) in [5.74, 6) is 1.91. The molecule has 62 heavy (non-hydrogen) atoms. The minimum atomic E-state index is -0.565. The summed E-state index contributed by atoms with van der Waals surface area (Å²) in [5.41, 5.74) is 5.86. The van der Waals surface area contributed by atoms with Crippen LogP contribution in [0.4, 0.5) is 11.5 Å². The maximum absolute atomic E-state index is 9.08. The van der Waals surface area contributed by atoms with Crippen molar-refractivity contribution in [1.82, 2.24) is 23.8 Å². The fourth-order valence-electron chi connectivity index (χ4n) is 8.11. The quantitative estimate of drug-likeness (QED) is 0.107. The molecule has 1 aliphatic heterocycles. The van der Waals surface area contributed by atoms with Crippen LogP contribution in [0.3, 0.4) is 0 Å². The Labute approximate surface area is 388 Å². The van der Waals surface area contributed by atoms with Crippen LogP contribution in [0, 0.1) is 21.9 Å². The fraction of sp³-hybridized carbons (Fsp3) is 0.151. The van der Waals surface area contributed by atoms with Crippen LogP contribution in [0.25, 0.3) is 55.9 Å². The molecule has 1 aliphatic rings. The van der Waals surface area contributed by atoms with E-state index in [9.17, 15) is 0 Å². The molecule has 9 heteroatoms. The summed E-state index contributed by atoms with van der Waals surface area (Å²) in [6.07, 6.45) is 4.45. The molecule has 0 saturated heterocycles. The fourth-order valence-corrected chi connectivity index (χ4v) is 9.18. The van der Waals surface area contributed by atoms with Crippen molar-refractivity contribution in [3.63, 3.8) is 0 Å². The van der Waals surface area contributed by atoms with E-state index in [1.165, 1.54) is 0 Å². The molecule has 6 aromatic carbocycles. The molecule has 7 nitrogen and oxygen atoms in total. The first-order chi connectivity index (χ1) is 34.3. The third-order valence-corrected chi connectivity index (χ3v) is 11.9. The Morgan fingerprint density at radius 1 is 0.726 bits per heavy atom. The van der Waals surface area contributed by atoms with Crippen molar-refractivity contribution in [2.24, 2.45) is 5.92 Å². The first-order valence-corrected chi connectivity index (χ1v) is 21.4. The van der Waals surface area contributed by atoms with Gasteiger partial charge in [0.05, 0.1) is 0 Å². The number of hydrogen-bond acceptors (Lipinski definition) is 4. The SMILES string of the molecule is [2H]c1c([2H])c([2H])c(-c2cccc(-c3c([2H])c([2H])c([2H])c([2H])c3[2H])c2-n2[c](=[Pt])n(-c3[c-]c(Oc4[c-]c5c(cc4)-c4ccnn4B(CC(C)C)N5c4cc(C(C)(C)C)ccn4)ccc3)c3ccccc32)c([2H])c1[2H]. The Kier molecular flexibility index (Phi) is 7.70.